The molecule has 0 bridgehead atoms. The first-order chi connectivity index (χ1) is 8.35. The van der Waals surface area contributed by atoms with Crippen LogP contribution in [0.3, 0.4) is 0 Å². The van der Waals surface area contributed by atoms with Gasteiger partial charge < -0.3 is 5.32 Å². The minimum absolute atomic E-state index is 0.0372. The Bertz CT molecular complexity index is 466. The van der Waals surface area contributed by atoms with E-state index in [0.717, 1.165) is 11.3 Å². The number of sulfonamides is 1. The van der Waals surface area contributed by atoms with E-state index in [-0.39, 0.29) is 6.04 Å². The van der Waals surface area contributed by atoms with Gasteiger partial charge in [-0.15, -0.1) is 11.3 Å². The number of hydrogen-bond donors (Lipinski definition) is 2. The van der Waals surface area contributed by atoms with Crippen LogP contribution in [0.4, 0.5) is 0 Å². The summed E-state index contributed by atoms with van der Waals surface area (Å²) in [6.45, 7) is 6.77. The molecule has 0 radical (unpaired) electrons. The number of rotatable bonds is 7. The van der Waals surface area contributed by atoms with E-state index in [1.165, 1.54) is 11.3 Å². The molecule has 0 aromatic carbocycles. The molecular weight excluding hydrogens is 268 g/mol. The van der Waals surface area contributed by atoms with E-state index < -0.39 is 10.0 Å². The van der Waals surface area contributed by atoms with Crippen molar-refractivity contribution in [3.63, 3.8) is 0 Å². The quantitative estimate of drug-likeness (QED) is 0.809. The first kappa shape index (κ1) is 15.6. The molecule has 4 nitrogen and oxygen atoms in total. The van der Waals surface area contributed by atoms with Crippen molar-refractivity contribution in [3.05, 3.63) is 17.0 Å². The van der Waals surface area contributed by atoms with Crippen LogP contribution in [0.5, 0.6) is 0 Å². The third kappa shape index (κ3) is 4.68. The Balaban J connectivity index is 2.73. The Hall–Kier alpha value is -0.430. The lowest BCUT2D eigenvalue weighted by atomic mass is 10.1. The van der Waals surface area contributed by atoms with Crippen molar-refractivity contribution in [2.75, 3.05) is 7.05 Å². The molecule has 1 aromatic heterocycles. The van der Waals surface area contributed by atoms with E-state index >= 15 is 0 Å². The lowest BCUT2D eigenvalue weighted by Crippen LogP contribution is -2.33. The summed E-state index contributed by atoms with van der Waals surface area (Å²) >= 11 is 1.31. The predicted octanol–water partition coefficient (Wildman–Crippen LogP) is 2.18. The van der Waals surface area contributed by atoms with Gasteiger partial charge in [0.1, 0.15) is 4.21 Å². The molecule has 0 aliphatic heterocycles. The van der Waals surface area contributed by atoms with Crippen molar-refractivity contribution in [2.24, 2.45) is 5.92 Å². The highest BCUT2D eigenvalue weighted by atomic mass is 32.2. The Labute approximate surface area is 114 Å². The maximum atomic E-state index is 12.1. The molecule has 0 amide bonds. The van der Waals surface area contributed by atoms with Gasteiger partial charge in [0.15, 0.2) is 0 Å². The first-order valence-electron chi connectivity index (χ1n) is 6.10. The molecule has 0 saturated heterocycles. The molecule has 0 saturated carbocycles. The summed E-state index contributed by atoms with van der Waals surface area (Å²) in [7, 11) is -1.52. The Morgan fingerprint density at radius 3 is 2.50 bits per heavy atom. The monoisotopic (exact) mass is 290 g/mol. The van der Waals surface area contributed by atoms with Gasteiger partial charge >= 0.3 is 0 Å². The molecule has 104 valence electrons. The van der Waals surface area contributed by atoms with E-state index in [1.807, 2.05) is 20.0 Å². The summed E-state index contributed by atoms with van der Waals surface area (Å²) in [4.78, 5) is 1.02. The van der Waals surface area contributed by atoms with E-state index in [0.29, 0.717) is 16.7 Å². The van der Waals surface area contributed by atoms with Gasteiger partial charge in [-0.3, -0.25) is 0 Å². The summed E-state index contributed by atoms with van der Waals surface area (Å²) in [5, 5.41) is 3.01. The summed E-state index contributed by atoms with van der Waals surface area (Å²) in [5.74, 6) is 0.478. The van der Waals surface area contributed by atoms with Crippen molar-refractivity contribution >= 4 is 21.4 Å². The molecule has 0 spiro atoms. The predicted molar refractivity (Wildman–Crippen MR) is 76.3 cm³/mol. The highest BCUT2D eigenvalue weighted by Crippen LogP contribution is 2.22. The molecule has 1 aromatic rings. The maximum Gasteiger partial charge on any atom is 0.250 e. The van der Waals surface area contributed by atoms with Crippen LogP contribution >= 0.6 is 11.3 Å². The van der Waals surface area contributed by atoms with Gasteiger partial charge in [0, 0.05) is 17.5 Å². The zero-order valence-electron chi connectivity index (χ0n) is 11.4. The van der Waals surface area contributed by atoms with E-state index in [9.17, 15) is 8.42 Å². The fourth-order valence-electron chi connectivity index (χ4n) is 1.85. The van der Waals surface area contributed by atoms with Gasteiger partial charge in [0.05, 0.1) is 0 Å². The lowest BCUT2D eigenvalue weighted by Gasteiger charge is -2.15. The second-order valence-corrected chi connectivity index (χ2v) is 8.01. The van der Waals surface area contributed by atoms with Crippen molar-refractivity contribution in [1.82, 2.24) is 10.0 Å². The molecule has 1 heterocycles. The summed E-state index contributed by atoms with van der Waals surface area (Å²) in [6.07, 6.45) is 0.841. The standard InChI is InChI=1S/C12H22N2O2S2/c1-9(2)7-10(3)14-18(15,16)12-6-5-11(17-12)8-13-4/h5-6,9-10,13-14H,7-8H2,1-4H3. The second kappa shape index (κ2) is 6.65. The average Bonchev–Trinajstić information content (AvgIpc) is 2.65. The van der Waals surface area contributed by atoms with Gasteiger partial charge in [0.25, 0.3) is 0 Å². The molecule has 1 unspecified atom stereocenters. The highest BCUT2D eigenvalue weighted by molar-refractivity contribution is 7.91. The third-order valence-corrected chi connectivity index (χ3v) is 5.60. The van der Waals surface area contributed by atoms with Crippen LogP contribution in [-0.4, -0.2) is 21.5 Å². The summed E-state index contributed by atoms with van der Waals surface area (Å²) in [5.41, 5.74) is 0. The number of hydrogen-bond acceptors (Lipinski definition) is 4. The number of thiophene rings is 1. The zero-order valence-corrected chi connectivity index (χ0v) is 13.0. The fraction of sp³-hybridized carbons (Fsp3) is 0.667. The van der Waals surface area contributed by atoms with Crippen LogP contribution in [0.15, 0.2) is 16.3 Å². The molecule has 1 rings (SSSR count). The van der Waals surface area contributed by atoms with Gasteiger partial charge in [-0.05, 0) is 38.4 Å². The molecule has 0 aliphatic rings. The van der Waals surface area contributed by atoms with Gasteiger partial charge in [0.2, 0.25) is 10.0 Å². The lowest BCUT2D eigenvalue weighted by molar-refractivity contribution is 0.483. The van der Waals surface area contributed by atoms with Crippen LogP contribution in [0.1, 0.15) is 32.1 Å². The van der Waals surface area contributed by atoms with Crippen LogP contribution in [0.2, 0.25) is 0 Å². The van der Waals surface area contributed by atoms with Crippen molar-refractivity contribution in [1.29, 1.82) is 0 Å². The fourth-order valence-corrected chi connectivity index (χ4v) is 4.49. The summed E-state index contributed by atoms with van der Waals surface area (Å²) < 4.78 is 27.4. The molecule has 2 N–H and O–H groups in total. The van der Waals surface area contributed by atoms with Crippen LogP contribution < -0.4 is 10.0 Å². The van der Waals surface area contributed by atoms with E-state index in [1.54, 1.807) is 6.07 Å². The van der Waals surface area contributed by atoms with Gasteiger partial charge in [-0.25, -0.2) is 13.1 Å². The van der Waals surface area contributed by atoms with Gasteiger partial charge in [-0.2, -0.15) is 0 Å². The number of nitrogens with one attached hydrogen (secondary N) is 2. The molecule has 0 fully saturated rings. The van der Waals surface area contributed by atoms with Gasteiger partial charge in [-0.1, -0.05) is 13.8 Å². The minimum Gasteiger partial charge on any atom is -0.315 e. The van der Waals surface area contributed by atoms with Crippen LogP contribution in [-0.2, 0) is 16.6 Å². The van der Waals surface area contributed by atoms with Crippen molar-refractivity contribution in [2.45, 2.75) is 44.0 Å². The molecular formula is C12H22N2O2S2. The highest BCUT2D eigenvalue weighted by Gasteiger charge is 2.19. The van der Waals surface area contributed by atoms with E-state index in [2.05, 4.69) is 23.9 Å². The molecule has 1 atom stereocenters. The third-order valence-electron chi connectivity index (χ3n) is 2.43. The molecule has 0 aliphatic carbocycles. The Morgan fingerprint density at radius 1 is 1.28 bits per heavy atom. The maximum absolute atomic E-state index is 12.1. The minimum atomic E-state index is -3.36. The topological polar surface area (TPSA) is 58.2 Å². The normalized spacial score (nSPS) is 14.1. The average molecular weight is 290 g/mol. The summed E-state index contributed by atoms with van der Waals surface area (Å²) in [6, 6.07) is 3.48. The first-order valence-corrected chi connectivity index (χ1v) is 8.40. The van der Waals surface area contributed by atoms with E-state index in [4.69, 9.17) is 0 Å². The smallest absolute Gasteiger partial charge is 0.250 e. The van der Waals surface area contributed by atoms with Crippen molar-refractivity contribution in [3.8, 4) is 0 Å². The van der Waals surface area contributed by atoms with Crippen LogP contribution in [0.25, 0.3) is 0 Å². The SMILES string of the molecule is CNCc1ccc(S(=O)(=O)NC(C)CC(C)C)s1. The Kier molecular flexibility index (Phi) is 5.78. The zero-order chi connectivity index (χ0) is 13.8. The largest absolute Gasteiger partial charge is 0.315 e. The second-order valence-electron chi connectivity index (χ2n) is 4.90. The van der Waals surface area contributed by atoms with Crippen molar-refractivity contribution < 1.29 is 8.42 Å². The molecule has 6 heteroatoms. The Morgan fingerprint density at radius 2 is 1.94 bits per heavy atom. The van der Waals surface area contributed by atoms with Crippen LogP contribution in [0, 0.1) is 5.92 Å². The molecule has 18 heavy (non-hydrogen) atoms.